The smallest absolute Gasteiger partial charge is 0.354 e. The maximum Gasteiger partial charge on any atom is 0.354 e. The van der Waals surface area contributed by atoms with Crippen molar-refractivity contribution in [2.24, 2.45) is 0 Å². The van der Waals surface area contributed by atoms with Gasteiger partial charge in [0.2, 0.25) is 0 Å². The summed E-state index contributed by atoms with van der Waals surface area (Å²) in [5, 5.41) is 15.5. The van der Waals surface area contributed by atoms with Gasteiger partial charge in [-0.1, -0.05) is 31.2 Å². The maximum absolute atomic E-state index is 10.9. The van der Waals surface area contributed by atoms with E-state index in [0.29, 0.717) is 11.3 Å². The van der Waals surface area contributed by atoms with Crippen LogP contribution in [0.1, 0.15) is 28.5 Å². The van der Waals surface area contributed by atoms with Crippen LogP contribution >= 0.6 is 0 Å². The molecule has 0 spiro atoms. The lowest BCUT2D eigenvalue weighted by atomic mass is 10.0. The Balaban J connectivity index is 2.42. The Hall–Kier alpha value is -2.10. The van der Waals surface area contributed by atoms with Gasteiger partial charge in [0.1, 0.15) is 5.69 Å². The molecule has 1 aromatic heterocycles. The molecule has 2 N–H and O–H groups in total. The van der Waals surface area contributed by atoms with E-state index in [1.807, 2.05) is 24.3 Å². The minimum Gasteiger partial charge on any atom is -0.477 e. The molecule has 0 unspecified atom stereocenters. The van der Waals surface area contributed by atoms with E-state index < -0.39 is 5.97 Å². The molecule has 0 saturated heterocycles. The normalized spacial score (nSPS) is 10.5. The van der Waals surface area contributed by atoms with Crippen LogP contribution in [-0.2, 0) is 6.42 Å². The zero-order chi connectivity index (χ0) is 12.4. The molecule has 0 aliphatic rings. The number of rotatable bonds is 3. The number of aromatic nitrogens is 2. The Bertz CT molecular complexity index is 541. The van der Waals surface area contributed by atoms with Gasteiger partial charge < -0.3 is 5.11 Å². The number of carbonyl (C=O) groups is 1. The van der Waals surface area contributed by atoms with Crippen molar-refractivity contribution in [3.63, 3.8) is 0 Å². The summed E-state index contributed by atoms with van der Waals surface area (Å²) in [6.45, 7) is 3.85. The average molecular weight is 230 g/mol. The largest absolute Gasteiger partial charge is 0.477 e. The number of H-pyrrole nitrogens is 1. The highest BCUT2D eigenvalue weighted by Gasteiger charge is 2.15. The van der Waals surface area contributed by atoms with Crippen molar-refractivity contribution < 1.29 is 9.90 Å². The van der Waals surface area contributed by atoms with Crippen molar-refractivity contribution in [3.8, 4) is 11.3 Å². The molecule has 2 rings (SSSR count). The first-order chi connectivity index (χ1) is 8.13. The second-order valence-corrected chi connectivity index (χ2v) is 3.93. The molecule has 0 saturated carbocycles. The van der Waals surface area contributed by atoms with E-state index >= 15 is 0 Å². The minimum atomic E-state index is -0.980. The van der Waals surface area contributed by atoms with Crippen LogP contribution in [0.15, 0.2) is 24.3 Å². The number of carboxylic acids is 1. The van der Waals surface area contributed by atoms with E-state index in [-0.39, 0.29) is 5.69 Å². The molecular formula is C13H14N2O2. The van der Waals surface area contributed by atoms with Crippen LogP contribution < -0.4 is 0 Å². The zero-order valence-electron chi connectivity index (χ0n) is 9.82. The molecule has 4 nitrogen and oxygen atoms in total. The van der Waals surface area contributed by atoms with Crippen LogP contribution in [0.3, 0.4) is 0 Å². The summed E-state index contributed by atoms with van der Waals surface area (Å²) in [6, 6.07) is 8.00. The molecular weight excluding hydrogens is 216 g/mol. The highest BCUT2D eigenvalue weighted by Crippen LogP contribution is 2.23. The predicted molar refractivity (Wildman–Crippen MR) is 65.1 cm³/mol. The molecule has 0 atom stereocenters. The summed E-state index contributed by atoms with van der Waals surface area (Å²) < 4.78 is 0. The summed E-state index contributed by atoms with van der Waals surface area (Å²) in [4.78, 5) is 10.9. The molecule has 1 heterocycles. The van der Waals surface area contributed by atoms with Crippen LogP contribution in [0.2, 0.25) is 0 Å². The number of carboxylic acid groups (broad SMARTS) is 1. The van der Waals surface area contributed by atoms with Gasteiger partial charge in [-0.05, 0) is 18.9 Å². The van der Waals surface area contributed by atoms with Gasteiger partial charge in [0.15, 0.2) is 0 Å². The van der Waals surface area contributed by atoms with Crippen LogP contribution in [0.4, 0.5) is 0 Å². The van der Waals surface area contributed by atoms with Crippen LogP contribution in [-0.4, -0.2) is 21.3 Å². The van der Waals surface area contributed by atoms with Crippen LogP contribution in [0.5, 0.6) is 0 Å². The Morgan fingerprint density at radius 3 is 2.47 bits per heavy atom. The third kappa shape index (κ3) is 2.06. The van der Waals surface area contributed by atoms with Crippen molar-refractivity contribution >= 4 is 5.97 Å². The first-order valence-electron chi connectivity index (χ1n) is 5.51. The fraction of sp³-hybridized carbons (Fsp3) is 0.231. The number of nitrogens with zero attached hydrogens (tertiary/aromatic N) is 1. The number of benzene rings is 1. The summed E-state index contributed by atoms with van der Waals surface area (Å²) in [5.74, 6) is -0.980. The zero-order valence-corrected chi connectivity index (χ0v) is 9.82. The second-order valence-electron chi connectivity index (χ2n) is 3.93. The number of hydrogen-bond donors (Lipinski definition) is 2. The molecule has 0 fully saturated rings. The van der Waals surface area contributed by atoms with Gasteiger partial charge in [-0.3, -0.25) is 5.10 Å². The molecule has 4 heteroatoms. The molecule has 2 aromatic rings. The van der Waals surface area contributed by atoms with Gasteiger partial charge in [0, 0.05) is 11.1 Å². The highest BCUT2D eigenvalue weighted by atomic mass is 16.4. The number of hydrogen-bond acceptors (Lipinski definition) is 2. The molecule has 1 aromatic carbocycles. The second kappa shape index (κ2) is 4.41. The Morgan fingerprint density at radius 2 is 2.00 bits per heavy atom. The van der Waals surface area contributed by atoms with E-state index in [1.54, 1.807) is 6.92 Å². The van der Waals surface area contributed by atoms with Gasteiger partial charge in [-0.25, -0.2) is 4.79 Å². The lowest BCUT2D eigenvalue weighted by Gasteiger charge is -2.00. The van der Waals surface area contributed by atoms with E-state index in [9.17, 15) is 4.79 Å². The van der Waals surface area contributed by atoms with Gasteiger partial charge in [0.05, 0.1) is 5.69 Å². The molecule has 17 heavy (non-hydrogen) atoms. The molecule has 0 amide bonds. The average Bonchev–Trinajstić information content (AvgIpc) is 2.71. The van der Waals surface area contributed by atoms with Gasteiger partial charge in [-0.15, -0.1) is 0 Å². The molecule has 0 radical (unpaired) electrons. The maximum atomic E-state index is 10.9. The topological polar surface area (TPSA) is 66.0 Å². The monoisotopic (exact) mass is 230 g/mol. The summed E-state index contributed by atoms with van der Waals surface area (Å²) >= 11 is 0. The van der Waals surface area contributed by atoms with Crippen molar-refractivity contribution in [1.82, 2.24) is 10.2 Å². The quantitative estimate of drug-likeness (QED) is 0.851. The number of aryl methyl sites for hydroxylation is 1. The third-order valence-electron chi connectivity index (χ3n) is 2.86. The van der Waals surface area contributed by atoms with Crippen molar-refractivity contribution in [1.29, 1.82) is 0 Å². The van der Waals surface area contributed by atoms with Crippen molar-refractivity contribution in [2.45, 2.75) is 20.3 Å². The lowest BCUT2D eigenvalue weighted by Crippen LogP contribution is -1.98. The Labute approximate surface area is 99.3 Å². The fourth-order valence-electron chi connectivity index (χ4n) is 1.79. The minimum absolute atomic E-state index is 0.152. The first kappa shape index (κ1) is 11.4. The van der Waals surface area contributed by atoms with Crippen LogP contribution in [0.25, 0.3) is 11.3 Å². The number of aromatic amines is 1. The standard InChI is InChI=1S/C13H14N2O2/c1-3-9-4-6-10(7-5-9)11-8(2)12(13(16)17)15-14-11/h4-7H,3H2,1-2H3,(H,14,15)(H,16,17). The number of aromatic carboxylic acids is 1. The van der Waals surface area contributed by atoms with Crippen LogP contribution in [0, 0.1) is 6.92 Å². The van der Waals surface area contributed by atoms with Crippen molar-refractivity contribution in [3.05, 3.63) is 41.1 Å². The molecule has 88 valence electrons. The fourth-order valence-corrected chi connectivity index (χ4v) is 1.79. The molecule has 0 aliphatic heterocycles. The highest BCUT2D eigenvalue weighted by molar-refractivity contribution is 5.89. The summed E-state index contributed by atoms with van der Waals surface area (Å²) in [7, 11) is 0. The number of nitrogens with one attached hydrogen (secondary N) is 1. The van der Waals surface area contributed by atoms with Crippen molar-refractivity contribution in [2.75, 3.05) is 0 Å². The van der Waals surface area contributed by atoms with Gasteiger partial charge in [0.25, 0.3) is 0 Å². The van der Waals surface area contributed by atoms with Gasteiger partial charge in [-0.2, -0.15) is 5.10 Å². The lowest BCUT2D eigenvalue weighted by molar-refractivity contribution is 0.0689. The predicted octanol–water partition coefficient (Wildman–Crippen LogP) is 2.65. The molecule has 0 bridgehead atoms. The van der Waals surface area contributed by atoms with E-state index in [4.69, 9.17) is 5.11 Å². The van der Waals surface area contributed by atoms with Gasteiger partial charge >= 0.3 is 5.97 Å². The summed E-state index contributed by atoms with van der Waals surface area (Å²) in [6.07, 6.45) is 0.986. The SMILES string of the molecule is CCc1ccc(-c2n[nH]c(C(=O)O)c2C)cc1. The summed E-state index contributed by atoms with van der Waals surface area (Å²) in [5.41, 5.74) is 3.70. The molecule has 0 aliphatic carbocycles. The Kier molecular flexibility index (Phi) is 2.95. The third-order valence-corrected chi connectivity index (χ3v) is 2.86. The Morgan fingerprint density at radius 1 is 1.35 bits per heavy atom. The van der Waals surface area contributed by atoms with E-state index in [1.165, 1.54) is 5.56 Å². The van der Waals surface area contributed by atoms with E-state index in [0.717, 1.165) is 12.0 Å². The van der Waals surface area contributed by atoms with E-state index in [2.05, 4.69) is 17.1 Å². The first-order valence-corrected chi connectivity index (χ1v) is 5.51.